The molecule has 2 aromatic carbocycles. The summed E-state index contributed by atoms with van der Waals surface area (Å²) < 4.78 is 0. The Bertz CT molecular complexity index is 922. The molecule has 1 heterocycles. The third kappa shape index (κ3) is 2.83. The molecule has 2 N–H and O–H groups in total. The van der Waals surface area contributed by atoms with Gasteiger partial charge in [-0.05, 0) is 41.7 Å². The van der Waals surface area contributed by atoms with Gasteiger partial charge in [0.25, 0.3) is 5.69 Å². The Labute approximate surface area is 151 Å². The molecule has 0 radical (unpaired) electrons. The maximum Gasteiger partial charge on any atom is 0.269 e. The molecule has 1 aliphatic heterocycles. The first-order chi connectivity index (χ1) is 12.5. The molecule has 4 rings (SSSR count). The van der Waals surface area contributed by atoms with E-state index in [1.54, 1.807) is 12.1 Å². The summed E-state index contributed by atoms with van der Waals surface area (Å²) in [6.45, 7) is 1.49. The molecule has 0 saturated heterocycles. The maximum atomic E-state index is 11.3. The van der Waals surface area contributed by atoms with Gasteiger partial charge in [0.15, 0.2) is 0 Å². The summed E-state index contributed by atoms with van der Waals surface area (Å²) in [5, 5.41) is 17.5. The number of benzene rings is 2. The normalized spacial score (nSPS) is 22.9. The van der Waals surface area contributed by atoms with Crippen LogP contribution < -0.4 is 10.6 Å². The summed E-state index contributed by atoms with van der Waals surface area (Å²) >= 11 is 0. The molecule has 1 aliphatic carbocycles. The number of hydrogen-bond donors (Lipinski definition) is 2. The summed E-state index contributed by atoms with van der Waals surface area (Å²) in [4.78, 5) is 22.1. The molecule has 6 heteroatoms. The predicted molar refractivity (Wildman–Crippen MR) is 100 cm³/mol. The number of hydrogen-bond acceptors (Lipinski definition) is 4. The molecular formula is C20H19N3O3. The fraction of sp³-hybridized carbons (Fsp3) is 0.250. The lowest BCUT2D eigenvalue weighted by atomic mass is 9.77. The molecule has 0 aromatic heterocycles. The third-order valence-electron chi connectivity index (χ3n) is 5.12. The Hall–Kier alpha value is -3.15. The van der Waals surface area contributed by atoms with Crippen LogP contribution in [0.2, 0.25) is 0 Å². The van der Waals surface area contributed by atoms with E-state index in [-0.39, 0.29) is 34.4 Å². The zero-order valence-electron chi connectivity index (χ0n) is 14.3. The number of rotatable bonds is 3. The van der Waals surface area contributed by atoms with Gasteiger partial charge in [-0.15, -0.1) is 0 Å². The van der Waals surface area contributed by atoms with E-state index in [2.05, 4.69) is 22.8 Å². The van der Waals surface area contributed by atoms with E-state index >= 15 is 0 Å². The Balaban J connectivity index is 1.72. The number of allylic oxidation sites excluding steroid dienone is 2. The van der Waals surface area contributed by atoms with Gasteiger partial charge in [-0.2, -0.15) is 0 Å². The van der Waals surface area contributed by atoms with Crippen LogP contribution in [0.15, 0.2) is 54.6 Å². The fourth-order valence-corrected chi connectivity index (χ4v) is 4.04. The van der Waals surface area contributed by atoms with E-state index in [9.17, 15) is 14.9 Å². The highest BCUT2D eigenvalue weighted by Gasteiger charge is 2.38. The lowest BCUT2D eigenvalue weighted by molar-refractivity contribution is -0.384. The van der Waals surface area contributed by atoms with Crippen LogP contribution in [0.4, 0.5) is 17.1 Å². The number of nitro benzene ring substituents is 1. The maximum absolute atomic E-state index is 11.3. The van der Waals surface area contributed by atoms with Crippen molar-refractivity contribution in [1.82, 2.24) is 0 Å². The summed E-state index contributed by atoms with van der Waals surface area (Å²) in [6, 6.07) is 12.7. The van der Waals surface area contributed by atoms with Gasteiger partial charge in [-0.25, -0.2) is 0 Å². The molecule has 0 unspecified atom stereocenters. The quantitative estimate of drug-likeness (QED) is 0.489. The summed E-state index contributed by atoms with van der Waals surface area (Å²) in [5.74, 6) is 0.419. The fourth-order valence-electron chi connectivity index (χ4n) is 4.04. The number of non-ortho nitro benzene ring substituents is 1. The lowest BCUT2D eigenvalue weighted by Gasteiger charge is -2.37. The molecule has 2 aliphatic rings. The number of nitrogens with one attached hydrogen (secondary N) is 2. The Morgan fingerprint density at radius 1 is 1.27 bits per heavy atom. The van der Waals surface area contributed by atoms with Crippen molar-refractivity contribution in [3.8, 4) is 0 Å². The van der Waals surface area contributed by atoms with Crippen molar-refractivity contribution in [1.29, 1.82) is 0 Å². The molecule has 0 spiro atoms. The molecule has 0 saturated carbocycles. The number of carbonyl (C=O) groups is 1. The predicted octanol–water partition coefficient (Wildman–Crippen LogP) is 4.38. The molecule has 3 atom stereocenters. The Morgan fingerprint density at radius 2 is 2.12 bits per heavy atom. The first-order valence-electron chi connectivity index (χ1n) is 8.62. The summed E-state index contributed by atoms with van der Waals surface area (Å²) in [6.07, 6.45) is 5.28. The van der Waals surface area contributed by atoms with Gasteiger partial charge in [0.1, 0.15) is 0 Å². The van der Waals surface area contributed by atoms with E-state index < -0.39 is 0 Å². The second-order valence-electron chi connectivity index (χ2n) is 6.81. The Morgan fingerprint density at radius 3 is 2.88 bits per heavy atom. The first-order valence-corrected chi connectivity index (χ1v) is 8.62. The highest BCUT2D eigenvalue weighted by atomic mass is 16.6. The van der Waals surface area contributed by atoms with Crippen LogP contribution in [-0.4, -0.2) is 10.8 Å². The van der Waals surface area contributed by atoms with Crippen molar-refractivity contribution in [2.45, 2.75) is 25.3 Å². The zero-order chi connectivity index (χ0) is 18.3. The molecule has 132 valence electrons. The van der Waals surface area contributed by atoms with Crippen LogP contribution in [0.1, 0.15) is 36.4 Å². The Kier molecular flexibility index (Phi) is 3.95. The van der Waals surface area contributed by atoms with Crippen LogP contribution >= 0.6 is 0 Å². The SMILES string of the molecule is CC(=O)Nc1ccc2c(c1)[C@@H]1C=CC[C@H]1[C@H](c1cccc([N+](=O)[O-])c1)N2. The molecule has 0 fully saturated rings. The van der Waals surface area contributed by atoms with Crippen LogP contribution in [-0.2, 0) is 4.79 Å². The van der Waals surface area contributed by atoms with Gasteiger partial charge in [-0.3, -0.25) is 14.9 Å². The van der Waals surface area contributed by atoms with Crippen molar-refractivity contribution < 1.29 is 9.72 Å². The van der Waals surface area contributed by atoms with Gasteiger partial charge in [0.05, 0.1) is 11.0 Å². The van der Waals surface area contributed by atoms with Gasteiger partial charge in [0.2, 0.25) is 5.91 Å². The molecule has 0 bridgehead atoms. The van der Waals surface area contributed by atoms with Crippen molar-refractivity contribution in [2.24, 2.45) is 5.92 Å². The van der Waals surface area contributed by atoms with Gasteiger partial charge < -0.3 is 10.6 Å². The minimum atomic E-state index is -0.357. The number of amides is 1. The van der Waals surface area contributed by atoms with Crippen LogP contribution in [0, 0.1) is 16.0 Å². The number of fused-ring (bicyclic) bond motifs is 3. The molecular weight excluding hydrogens is 330 g/mol. The average molecular weight is 349 g/mol. The summed E-state index contributed by atoms with van der Waals surface area (Å²) in [7, 11) is 0. The van der Waals surface area contributed by atoms with E-state index in [4.69, 9.17) is 0 Å². The highest BCUT2D eigenvalue weighted by Crippen LogP contribution is 2.50. The molecule has 1 amide bonds. The average Bonchev–Trinajstić information content (AvgIpc) is 3.11. The van der Waals surface area contributed by atoms with Gasteiger partial charge >= 0.3 is 0 Å². The second-order valence-corrected chi connectivity index (χ2v) is 6.81. The van der Waals surface area contributed by atoms with Gasteiger partial charge in [-0.1, -0.05) is 24.3 Å². The number of nitrogens with zero attached hydrogens (tertiary/aromatic N) is 1. The minimum absolute atomic E-state index is 0.00835. The minimum Gasteiger partial charge on any atom is -0.378 e. The highest BCUT2D eigenvalue weighted by molar-refractivity contribution is 5.89. The van der Waals surface area contributed by atoms with Crippen molar-refractivity contribution in [2.75, 3.05) is 10.6 Å². The van der Waals surface area contributed by atoms with Crippen LogP contribution in [0.25, 0.3) is 0 Å². The largest absolute Gasteiger partial charge is 0.378 e. The van der Waals surface area contributed by atoms with E-state index in [0.717, 1.165) is 28.9 Å². The second kappa shape index (κ2) is 6.29. The molecule has 2 aromatic rings. The van der Waals surface area contributed by atoms with Crippen molar-refractivity contribution in [3.05, 3.63) is 75.9 Å². The number of nitro groups is 1. The zero-order valence-corrected chi connectivity index (χ0v) is 14.3. The van der Waals surface area contributed by atoms with E-state index in [1.807, 2.05) is 24.3 Å². The topological polar surface area (TPSA) is 84.3 Å². The van der Waals surface area contributed by atoms with Gasteiger partial charge in [0, 0.05) is 36.3 Å². The van der Waals surface area contributed by atoms with Crippen LogP contribution in [0.3, 0.4) is 0 Å². The molecule has 26 heavy (non-hydrogen) atoms. The number of anilines is 2. The van der Waals surface area contributed by atoms with Crippen molar-refractivity contribution >= 4 is 23.0 Å². The first kappa shape index (κ1) is 16.3. The number of carbonyl (C=O) groups excluding carboxylic acids is 1. The van der Waals surface area contributed by atoms with E-state index in [1.165, 1.54) is 13.0 Å². The molecule has 6 nitrogen and oxygen atoms in total. The van der Waals surface area contributed by atoms with E-state index in [0.29, 0.717) is 0 Å². The van der Waals surface area contributed by atoms with Crippen LogP contribution in [0.5, 0.6) is 0 Å². The smallest absolute Gasteiger partial charge is 0.269 e. The third-order valence-corrected chi connectivity index (χ3v) is 5.12. The summed E-state index contributed by atoms with van der Waals surface area (Å²) in [5.41, 5.74) is 3.97. The monoisotopic (exact) mass is 349 g/mol. The lowest BCUT2D eigenvalue weighted by Crippen LogP contribution is -2.29. The van der Waals surface area contributed by atoms with Crippen molar-refractivity contribution in [3.63, 3.8) is 0 Å². The standard InChI is InChI=1S/C20H19N3O3/c1-12(24)21-14-8-9-19-18(11-14)16-6-3-7-17(16)20(22-19)13-4-2-5-15(10-13)23(25)26/h2-6,8-11,16-17,20,22H,7H2,1H3,(H,21,24)/t16-,17-,20+/m1/s1.